The number of nitrogens with zero attached hydrogens (tertiary/aromatic N) is 3. The van der Waals surface area contributed by atoms with Gasteiger partial charge in [-0.15, -0.1) is 0 Å². The van der Waals surface area contributed by atoms with Crippen molar-refractivity contribution in [3.63, 3.8) is 0 Å². The standard InChI is InChI=1S/C27H27N3O3S/c1-19(2)29(17-20-10-5-4-6-11-20)25(31)18-34-27-28-24-15-8-7-14-23(24)26(32)30(27)21-12-9-13-22(16-21)33-3/h4-16,19H,17-18H2,1-3H3. The zero-order valence-corrected chi connectivity index (χ0v) is 20.3. The lowest BCUT2D eigenvalue weighted by Gasteiger charge is -2.27. The van der Waals surface area contributed by atoms with Crippen molar-refractivity contribution < 1.29 is 9.53 Å². The van der Waals surface area contributed by atoms with Gasteiger partial charge >= 0.3 is 0 Å². The number of hydrogen-bond donors (Lipinski definition) is 0. The van der Waals surface area contributed by atoms with E-state index < -0.39 is 0 Å². The van der Waals surface area contributed by atoms with Crippen LogP contribution in [0.2, 0.25) is 0 Å². The largest absolute Gasteiger partial charge is 0.497 e. The maximum atomic E-state index is 13.5. The molecule has 1 heterocycles. The van der Waals surface area contributed by atoms with E-state index in [0.29, 0.717) is 34.0 Å². The molecule has 0 N–H and O–H groups in total. The molecule has 6 nitrogen and oxygen atoms in total. The lowest BCUT2D eigenvalue weighted by atomic mass is 10.2. The average Bonchev–Trinajstić information content (AvgIpc) is 2.86. The number of methoxy groups -OCH3 is 1. The van der Waals surface area contributed by atoms with Crippen LogP contribution >= 0.6 is 11.8 Å². The molecular weight excluding hydrogens is 446 g/mol. The third-order valence-corrected chi connectivity index (χ3v) is 6.44. The van der Waals surface area contributed by atoms with Crippen molar-refractivity contribution in [3.05, 3.63) is 94.8 Å². The molecule has 4 rings (SSSR count). The van der Waals surface area contributed by atoms with Crippen molar-refractivity contribution in [3.8, 4) is 11.4 Å². The second-order valence-electron chi connectivity index (χ2n) is 8.14. The first-order valence-electron chi connectivity index (χ1n) is 11.1. The molecule has 1 amide bonds. The summed E-state index contributed by atoms with van der Waals surface area (Å²) >= 11 is 1.27. The molecule has 0 saturated carbocycles. The van der Waals surface area contributed by atoms with E-state index in [4.69, 9.17) is 9.72 Å². The molecule has 0 fully saturated rings. The van der Waals surface area contributed by atoms with Gasteiger partial charge in [-0.2, -0.15) is 0 Å². The van der Waals surface area contributed by atoms with Gasteiger partial charge in [-0.05, 0) is 43.7 Å². The Morgan fingerprint density at radius 2 is 1.76 bits per heavy atom. The van der Waals surface area contributed by atoms with Gasteiger partial charge in [0.05, 0.1) is 29.5 Å². The Morgan fingerprint density at radius 3 is 2.50 bits per heavy atom. The Hall–Kier alpha value is -3.58. The predicted octanol–water partition coefficient (Wildman–Crippen LogP) is 4.92. The fourth-order valence-corrected chi connectivity index (χ4v) is 4.63. The summed E-state index contributed by atoms with van der Waals surface area (Å²) < 4.78 is 6.91. The molecule has 0 aliphatic carbocycles. The van der Waals surface area contributed by atoms with Crippen molar-refractivity contribution >= 4 is 28.6 Å². The molecule has 0 atom stereocenters. The number of thioether (sulfide) groups is 1. The van der Waals surface area contributed by atoms with Crippen LogP contribution in [0.3, 0.4) is 0 Å². The van der Waals surface area contributed by atoms with E-state index in [0.717, 1.165) is 5.56 Å². The smallest absolute Gasteiger partial charge is 0.266 e. The van der Waals surface area contributed by atoms with Gasteiger partial charge in [0.2, 0.25) is 5.91 Å². The Balaban J connectivity index is 1.68. The summed E-state index contributed by atoms with van der Waals surface area (Å²) in [4.78, 5) is 33.3. The van der Waals surface area contributed by atoms with Crippen LogP contribution in [-0.2, 0) is 11.3 Å². The highest BCUT2D eigenvalue weighted by Gasteiger charge is 2.20. The van der Waals surface area contributed by atoms with Gasteiger partial charge in [0.25, 0.3) is 5.56 Å². The first-order valence-corrected chi connectivity index (χ1v) is 12.1. The van der Waals surface area contributed by atoms with Gasteiger partial charge < -0.3 is 9.64 Å². The van der Waals surface area contributed by atoms with E-state index in [1.54, 1.807) is 23.8 Å². The molecule has 0 radical (unpaired) electrons. The van der Waals surface area contributed by atoms with Crippen LogP contribution in [0.5, 0.6) is 5.75 Å². The highest BCUT2D eigenvalue weighted by atomic mass is 32.2. The number of fused-ring (bicyclic) bond motifs is 1. The third kappa shape index (κ3) is 5.15. The summed E-state index contributed by atoms with van der Waals surface area (Å²) in [6.45, 7) is 4.55. The van der Waals surface area contributed by atoms with Gasteiger partial charge in [0.1, 0.15) is 5.75 Å². The highest BCUT2D eigenvalue weighted by Crippen LogP contribution is 2.24. The van der Waals surface area contributed by atoms with Gasteiger partial charge in [0.15, 0.2) is 5.16 Å². The Bertz CT molecular complexity index is 1350. The number of carbonyl (C=O) groups excluding carboxylic acids is 1. The van der Waals surface area contributed by atoms with Crippen LogP contribution in [0.15, 0.2) is 88.8 Å². The molecule has 0 spiro atoms. The number of para-hydroxylation sites is 1. The zero-order valence-electron chi connectivity index (χ0n) is 19.5. The van der Waals surface area contributed by atoms with Crippen LogP contribution < -0.4 is 10.3 Å². The van der Waals surface area contributed by atoms with E-state index >= 15 is 0 Å². The second kappa shape index (κ2) is 10.6. The summed E-state index contributed by atoms with van der Waals surface area (Å²) in [5.41, 5.74) is 2.14. The maximum Gasteiger partial charge on any atom is 0.266 e. The number of aromatic nitrogens is 2. The number of rotatable bonds is 8. The second-order valence-corrected chi connectivity index (χ2v) is 9.09. The molecule has 0 unspecified atom stereocenters. The quantitative estimate of drug-likeness (QED) is 0.268. The minimum absolute atomic E-state index is 0.0107. The van der Waals surface area contributed by atoms with Crippen molar-refractivity contribution in [2.75, 3.05) is 12.9 Å². The number of carbonyl (C=O) groups is 1. The van der Waals surface area contributed by atoms with Crippen molar-refractivity contribution in [1.82, 2.24) is 14.5 Å². The number of amides is 1. The van der Waals surface area contributed by atoms with Gasteiger partial charge in [0, 0.05) is 18.7 Å². The molecule has 174 valence electrons. The minimum Gasteiger partial charge on any atom is -0.497 e. The summed E-state index contributed by atoms with van der Waals surface area (Å²) in [5, 5.41) is 0.989. The SMILES string of the molecule is COc1cccc(-n2c(SCC(=O)N(Cc3ccccc3)C(C)C)nc3ccccc3c2=O)c1. The molecule has 1 aromatic heterocycles. The molecule has 0 aliphatic heterocycles. The first kappa shape index (κ1) is 23.6. The lowest BCUT2D eigenvalue weighted by molar-refractivity contribution is -0.130. The summed E-state index contributed by atoms with van der Waals surface area (Å²) in [6.07, 6.45) is 0. The molecule has 0 bridgehead atoms. The van der Waals surface area contributed by atoms with Gasteiger partial charge in [-0.1, -0.05) is 60.3 Å². The highest BCUT2D eigenvalue weighted by molar-refractivity contribution is 7.99. The molecule has 4 aromatic rings. The van der Waals surface area contributed by atoms with Crippen molar-refractivity contribution in [1.29, 1.82) is 0 Å². The summed E-state index contributed by atoms with van der Waals surface area (Å²) in [6, 6.07) is 24.5. The van der Waals surface area contributed by atoms with Crippen LogP contribution in [0, 0.1) is 0 Å². The molecular formula is C27H27N3O3S. The van der Waals surface area contributed by atoms with E-state index in [1.807, 2.05) is 85.5 Å². The molecule has 34 heavy (non-hydrogen) atoms. The zero-order chi connectivity index (χ0) is 24.1. The van der Waals surface area contributed by atoms with Crippen LogP contribution in [-0.4, -0.2) is 39.3 Å². The Labute approximate surface area is 203 Å². The Morgan fingerprint density at radius 1 is 1.03 bits per heavy atom. The molecule has 7 heteroatoms. The summed E-state index contributed by atoms with van der Waals surface area (Å²) in [5.74, 6) is 0.793. The monoisotopic (exact) mass is 473 g/mol. The average molecular weight is 474 g/mol. The molecule has 0 saturated heterocycles. The maximum absolute atomic E-state index is 13.5. The van der Waals surface area contributed by atoms with Crippen LogP contribution in [0.25, 0.3) is 16.6 Å². The molecule has 3 aromatic carbocycles. The van der Waals surface area contributed by atoms with E-state index in [9.17, 15) is 9.59 Å². The van der Waals surface area contributed by atoms with E-state index in [-0.39, 0.29) is 23.3 Å². The first-order chi connectivity index (χ1) is 16.5. The van der Waals surface area contributed by atoms with Crippen molar-refractivity contribution in [2.24, 2.45) is 0 Å². The van der Waals surface area contributed by atoms with E-state index in [2.05, 4.69) is 0 Å². The molecule has 0 aliphatic rings. The fourth-order valence-electron chi connectivity index (χ4n) is 3.73. The third-order valence-electron chi connectivity index (χ3n) is 5.52. The van der Waals surface area contributed by atoms with Crippen molar-refractivity contribution in [2.45, 2.75) is 31.6 Å². The van der Waals surface area contributed by atoms with Gasteiger partial charge in [-0.25, -0.2) is 4.98 Å². The fraction of sp³-hybridized carbons (Fsp3) is 0.222. The summed E-state index contributed by atoms with van der Waals surface area (Å²) in [7, 11) is 1.59. The number of ether oxygens (including phenoxy) is 1. The predicted molar refractivity (Wildman–Crippen MR) is 137 cm³/mol. The Kier molecular flexibility index (Phi) is 7.33. The normalized spacial score (nSPS) is 11.1. The van der Waals surface area contributed by atoms with Gasteiger partial charge in [-0.3, -0.25) is 14.2 Å². The number of hydrogen-bond acceptors (Lipinski definition) is 5. The van der Waals surface area contributed by atoms with E-state index in [1.165, 1.54) is 11.8 Å². The number of benzene rings is 3. The minimum atomic E-state index is -0.182. The topological polar surface area (TPSA) is 64.4 Å². The lowest BCUT2D eigenvalue weighted by Crippen LogP contribution is -2.37. The van der Waals surface area contributed by atoms with Crippen LogP contribution in [0.1, 0.15) is 19.4 Å². The van der Waals surface area contributed by atoms with Crippen LogP contribution in [0.4, 0.5) is 0 Å².